The van der Waals surface area contributed by atoms with Crippen LogP contribution in [0, 0.1) is 5.82 Å². The lowest BCUT2D eigenvalue weighted by Crippen LogP contribution is -2.09. The van der Waals surface area contributed by atoms with Crippen molar-refractivity contribution in [1.29, 1.82) is 0 Å². The van der Waals surface area contributed by atoms with Gasteiger partial charge in [0.1, 0.15) is 5.82 Å². The Labute approximate surface area is 157 Å². The molecule has 112 valence electrons. The number of halogens is 6. The van der Waals surface area contributed by atoms with Gasteiger partial charge >= 0.3 is 0 Å². The Kier molecular flexibility index (Phi) is 5.99. The first-order valence-electron chi connectivity index (χ1n) is 5.85. The second-order valence-electron chi connectivity index (χ2n) is 4.40. The van der Waals surface area contributed by atoms with Gasteiger partial charge in [-0.15, -0.1) is 0 Å². The highest BCUT2D eigenvalue weighted by molar-refractivity contribution is 9.11. The van der Waals surface area contributed by atoms with Crippen molar-refractivity contribution in [3.05, 3.63) is 59.1 Å². The van der Waals surface area contributed by atoms with Gasteiger partial charge in [-0.25, -0.2) is 4.39 Å². The molecule has 2 rings (SSSR count). The van der Waals surface area contributed by atoms with Gasteiger partial charge in [0.15, 0.2) is 0 Å². The van der Waals surface area contributed by atoms with E-state index in [1.807, 2.05) is 19.1 Å². The monoisotopic (exact) mass is 517 g/mol. The van der Waals surface area contributed by atoms with Crippen LogP contribution in [0.1, 0.15) is 18.5 Å². The number of anilines is 1. The van der Waals surface area contributed by atoms with Gasteiger partial charge in [-0.3, -0.25) is 0 Å². The van der Waals surface area contributed by atoms with Crippen molar-refractivity contribution in [1.82, 2.24) is 0 Å². The molecule has 0 aromatic heterocycles. The average molecular weight is 521 g/mol. The number of hydrogen-bond donors (Lipinski definition) is 1. The molecule has 0 radical (unpaired) electrons. The summed E-state index contributed by atoms with van der Waals surface area (Å²) in [5.74, 6) is -0.487. The standard InChI is InChI=1S/C14H9Br3Cl2FN/c1-6(8-4-13(20)12(19)5-11(8)18)21-14-9(16)2-7(15)3-10(14)17/h2-6,21H,1H3. The Balaban J connectivity index is 2.35. The van der Waals surface area contributed by atoms with Crippen molar-refractivity contribution in [2.24, 2.45) is 0 Å². The lowest BCUT2D eigenvalue weighted by Gasteiger charge is -2.20. The maximum Gasteiger partial charge on any atom is 0.142 e. The zero-order chi connectivity index (χ0) is 15.7. The molecule has 1 nitrogen and oxygen atoms in total. The fraction of sp³-hybridized carbons (Fsp3) is 0.143. The summed E-state index contributed by atoms with van der Waals surface area (Å²) in [5, 5.41) is 3.74. The molecule has 21 heavy (non-hydrogen) atoms. The SMILES string of the molecule is CC(Nc1c(Br)cc(Br)cc1Br)c1cc(F)c(Cl)cc1Cl. The molecule has 7 heteroatoms. The van der Waals surface area contributed by atoms with Crippen LogP contribution < -0.4 is 5.32 Å². The quantitative estimate of drug-likeness (QED) is 0.411. The maximum atomic E-state index is 13.6. The third-order valence-electron chi connectivity index (χ3n) is 2.87. The van der Waals surface area contributed by atoms with E-state index in [0.717, 1.165) is 19.1 Å². The van der Waals surface area contributed by atoms with Crippen molar-refractivity contribution in [2.75, 3.05) is 5.32 Å². The smallest absolute Gasteiger partial charge is 0.142 e. The number of nitrogens with one attached hydrogen (secondary N) is 1. The molecule has 2 aromatic carbocycles. The van der Waals surface area contributed by atoms with E-state index in [-0.39, 0.29) is 11.1 Å². The van der Waals surface area contributed by atoms with Crippen LogP contribution >= 0.6 is 71.0 Å². The molecule has 0 amide bonds. The van der Waals surface area contributed by atoms with Gasteiger partial charge in [0, 0.05) is 18.4 Å². The van der Waals surface area contributed by atoms with Gasteiger partial charge < -0.3 is 5.32 Å². The topological polar surface area (TPSA) is 12.0 Å². The van der Waals surface area contributed by atoms with Crippen LogP contribution in [-0.2, 0) is 0 Å². The van der Waals surface area contributed by atoms with Gasteiger partial charge in [-0.05, 0) is 68.6 Å². The van der Waals surface area contributed by atoms with Crippen LogP contribution in [0.15, 0.2) is 37.7 Å². The van der Waals surface area contributed by atoms with Crippen molar-refractivity contribution in [3.8, 4) is 0 Å². The molecule has 0 saturated heterocycles. The predicted molar refractivity (Wildman–Crippen MR) is 98.0 cm³/mol. The third-order valence-corrected chi connectivity index (χ3v) is 5.20. The summed E-state index contributed by atoms with van der Waals surface area (Å²) >= 11 is 22.3. The molecular weight excluding hydrogens is 512 g/mol. The van der Waals surface area contributed by atoms with E-state index in [1.165, 1.54) is 12.1 Å². The molecular formula is C14H9Br3Cl2FN. The van der Waals surface area contributed by atoms with Crippen molar-refractivity contribution < 1.29 is 4.39 Å². The van der Waals surface area contributed by atoms with E-state index >= 15 is 0 Å². The number of hydrogen-bond acceptors (Lipinski definition) is 1. The molecule has 2 aromatic rings. The van der Waals surface area contributed by atoms with Gasteiger partial charge in [0.05, 0.1) is 16.8 Å². The lowest BCUT2D eigenvalue weighted by atomic mass is 10.1. The summed E-state index contributed by atoms with van der Waals surface area (Å²) in [6.45, 7) is 1.90. The van der Waals surface area contributed by atoms with Gasteiger partial charge in [0.2, 0.25) is 0 Å². The molecule has 1 N–H and O–H groups in total. The van der Waals surface area contributed by atoms with Crippen LogP contribution in [-0.4, -0.2) is 0 Å². The van der Waals surface area contributed by atoms with E-state index in [0.29, 0.717) is 10.6 Å². The van der Waals surface area contributed by atoms with E-state index in [2.05, 4.69) is 53.1 Å². The van der Waals surface area contributed by atoms with Gasteiger partial charge in [-0.1, -0.05) is 39.1 Å². The summed E-state index contributed by atoms with van der Waals surface area (Å²) < 4.78 is 16.3. The summed E-state index contributed by atoms with van der Waals surface area (Å²) in [4.78, 5) is 0. The second-order valence-corrected chi connectivity index (χ2v) is 7.84. The fourth-order valence-electron chi connectivity index (χ4n) is 1.84. The molecule has 0 heterocycles. The van der Waals surface area contributed by atoms with Gasteiger partial charge in [-0.2, -0.15) is 0 Å². The van der Waals surface area contributed by atoms with Crippen LogP contribution in [0.3, 0.4) is 0 Å². The Morgan fingerprint density at radius 1 is 1.00 bits per heavy atom. The first-order valence-corrected chi connectivity index (χ1v) is 8.98. The summed E-state index contributed by atoms with van der Waals surface area (Å²) in [6, 6.07) is 6.41. The normalized spacial score (nSPS) is 12.3. The average Bonchev–Trinajstić information content (AvgIpc) is 2.37. The zero-order valence-electron chi connectivity index (χ0n) is 10.7. The van der Waals surface area contributed by atoms with E-state index in [1.54, 1.807) is 0 Å². The van der Waals surface area contributed by atoms with E-state index in [4.69, 9.17) is 23.2 Å². The fourth-order valence-corrected chi connectivity index (χ4v) is 4.88. The molecule has 0 aliphatic rings. The third kappa shape index (κ3) is 4.14. The van der Waals surface area contributed by atoms with Crippen LogP contribution in [0.4, 0.5) is 10.1 Å². The lowest BCUT2D eigenvalue weighted by molar-refractivity contribution is 0.624. The van der Waals surface area contributed by atoms with Crippen molar-refractivity contribution in [3.63, 3.8) is 0 Å². The van der Waals surface area contributed by atoms with Crippen LogP contribution in [0.5, 0.6) is 0 Å². The highest BCUT2D eigenvalue weighted by Gasteiger charge is 2.16. The molecule has 1 unspecified atom stereocenters. The molecule has 0 fully saturated rings. The highest BCUT2D eigenvalue weighted by atomic mass is 79.9. The first kappa shape index (κ1) is 17.5. The highest BCUT2D eigenvalue weighted by Crippen LogP contribution is 2.38. The largest absolute Gasteiger partial charge is 0.377 e. The summed E-state index contributed by atoms with van der Waals surface area (Å²) in [7, 11) is 0. The number of benzene rings is 2. The molecule has 1 atom stereocenters. The van der Waals surface area contributed by atoms with E-state index < -0.39 is 5.82 Å². The molecule has 0 bridgehead atoms. The van der Waals surface area contributed by atoms with Crippen LogP contribution in [0.2, 0.25) is 10.0 Å². The summed E-state index contributed by atoms with van der Waals surface area (Å²) in [5.41, 5.74) is 1.50. The van der Waals surface area contributed by atoms with Crippen molar-refractivity contribution in [2.45, 2.75) is 13.0 Å². The maximum absolute atomic E-state index is 13.6. The molecule has 0 aliphatic heterocycles. The minimum atomic E-state index is -0.487. The Morgan fingerprint density at radius 3 is 2.14 bits per heavy atom. The molecule has 0 spiro atoms. The predicted octanol–water partition coefficient (Wildman–Crippen LogP) is 7.59. The minimum absolute atomic E-state index is 0.0157. The first-order chi connectivity index (χ1) is 9.79. The molecule has 0 saturated carbocycles. The number of rotatable bonds is 3. The zero-order valence-corrected chi connectivity index (χ0v) is 16.9. The molecule has 0 aliphatic carbocycles. The van der Waals surface area contributed by atoms with Crippen molar-refractivity contribution >= 4 is 76.7 Å². The van der Waals surface area contributed by atoms with Gasteiger partial charge in [0.25, 0.3) is 0 Å². The Morgan fingerprint density at radius 2 is 1.57 bits per heavy atom. The summed E-state index contributed by atoms with van der Waals surface area (Å²) in [6.07, 6.45) is 0. The second kappa shape index (κ2) is 7.18. The van der Waals surface area contributed by atoms with E-state index in [9.17, 15) is 4.39 Å². The minimum Gasteiger partial charge on any atom is -0.377 e. The Bertz CT molecular complexity index is 671. The van der Waals surface area contributed by atoms with Crippen LogP contribution in [0.25, 0.3) is 0 Å². The Hall–Kier alpha value is 0.190.